The van der Waals surface area contributed by atoms with Crippen molar-refractivity contribution in [2.45, 2.75) is 13.3 Å². The van der Waals surface area contributed by atoms with Crippen molar-refractivity contribution in [3.8, 4) is 0 Å². The van der Waals surface area contributed by atoms with Crippen LogP contribution in [-0.2, 0) is 9.59 Å². The minimum atomic E-state index is -0.415. The van der Waals surface area contributed by atoms with Crippen LogP contribution in [0, 0.1) is 0 Å². The molecule has 0 spiro atoms. The molecule has 56 valence electrons. The van der Waals surface area contributed by atoms with Gasteiger partial charge in [-0.15, -0.1) is 0 Å². The van der Waals surface area contributed by atoms with Crippen molar-refractivity contribution in [2.24, 2.45) is 0 Å². The van der Waals surface area contributed by atoms with Crippen LogP contribution in [0.15, 0.2) is 12.7 Å². The number of hydrazine groups is 1. The maximum Gasteiger partial charge on any atom is 0.261 e. The quantitative estimate of drug-likeness (QED) is 0.412. The van der Waals surface area contributed by atoms with Crippen molar-refractivity contribution in [1.82, 2.24) is 10.9 Å². The van der Waals surface area contributed by atoms with Gasteiger partial charge >= 0.3 is 0 Å². The van der Waals surface area contributed by atoms with E-state index in [4.69, 9.17) is 0 Å². The van der Waals surface area contributed by atoms with Crippen molar-refractivity contribution in [2.75, 3.05) is 0 Å². The Balaban J connectivity index is 3.44. The largest absolute Gasteiger partial charge is 0.273 e. The van der Waals surface area contributed by atoms with Crippen molar-refractivity contribution < 1.29 is 9.59 Å². The highest BCUT2D eigenvalue weighted by Crippen LogP contribution is 1.70. The molecule has 0 radical (unpaired) electrons. The van der Waals surface area contributed by atoms with Gasteiger partial charge in [0.05, 0.1) is 0 Å². The second kappa shape index (κ2) is 4.55. The minimum Gasteiger partial charge on any atom is -0.273 e. The van der Waals surface area contributed by atoms with Gasteiger partial charge in [-0.3, -0.25) is 20.4 Å². The third-order valence-electron chi connectivity index (χ3n) is 0.832. The SMILES string of the molecule is C=CC(=O)NNC(=O)CC. The van der Waals surface area contributed by atoms with E-state index in [9.17, 15) is 9.59 Å². The van der Waals surface area contributed by atoms with Crippen LogP contribution in [0.3, 0.4) is 0 Å². The zero-order chi connectivity index (χ0) is 7.98. The van der Waals surface area contributed by atoms with E-state index in [1.54, 1.807) is 6.92 Å². The normalized spacial score (nSPS) is 8.10. The first-order valence-electron chi connectivity index (χ1n) is 2.92. The van der Waals surface area contributed by atoms with E-state index in [0.29, 0.717) is 6.42 Å². The van der Waals surface area contributed by atoms with E-state index < -0.39 is 5.91 Å². The highest BCUT2D eigenvalue weighted by molar-refractivity contribution is 5.88. The lowest BCUT2D eigenvalue weighted by Gasteiger charge is -2.01. The molecule has 2 amide bonds. The summed E-state index contributed by atoms with van der Waals surface area (Å²) in [7, 11) is 0. The van der Waals surface area contributed by atoms with Gasteiger partial charge in [-0.2, -0.15) is 0 Å². The van der Waals surface area contributed by atoms with Gasteiger partial charge in [0.25, 0.3) is 5.91 Å². The summed E-state index contributed by atoms with van der Waals surface area (Å²) in [6, 6.07) is 0. The summed E-state index contributed by atoms with van der Waals surface area (Å²) in [5.74, 6) is -0.642. The van der Waals surface area contributed by atoms with Crippen LogP contribution in [0.4, 0.5) is 0 Å². The zero-order valence-corrected chi connectivity index (χ0v) is 5.81. The molecule has 0 unspecified atom stereocenters. The maximum absolute atomic E-state index is 10.5. The Bertz CT molecular complexity index is 154. The fraction of sp³-hybridized carbons (Fsp3) is 0.333. The highest BCUT2D eigenvalue weighted by atomic mass is 16.2. The number of hydrogen-bond donors (Lipinski definition) is 2. The van der Waals surface area contributed by atoms with Crippen molar-refractivity contribution >= 4 is 11.8 Å². The molecule has 0 aliphatic carbocycles. The lowest BCUT2D eigenvalue weighted by atomic mass is 10.5. The zero-order valence-electron chi connectivity index (χ0n) is 5.81. The maximum atomic E-state index is 10.5. The summed E-state index contributed by atoms with van der Waals surface area (Å²) < 4.78 is 0. The number of nitrogens with one attached hydrogen (secondary N) is 2. The van der Waals surface area contributed by atoms with Crippen LogP contribution >= 0.6 is 0 Å². The Hall–Kier alpha value is -1.32. The smallest absolute Gasteiger partial charge is 0.261 e. The van der Waals surface area contributed by atoms with Gasteiger partial charge in [0.2, 0.25) is 5.91 Å². The number of carbonyl (C=O) groups excluding carboxylic acids is 2. The van der Waals surface area contributed by atoms with Gasteiger partial charge < -0.3 is 0 Å². The summed E-state index contributed by atoms with van der Waals surface area (Å²) >= 11 is 0. The second-order valence-electron chi connectivity index (χ2n) is 1.60. The number of carbonyl (C=O) groups is 2. The van der Waals surface area contributed by atoms with E-state index in [-0.39, 0.29) is 5.91 Å². The molecule has 2 N–H and O–H groups in total. The number of amides is 2. The fourth-order valence-electron chi connectivity index (χ4n) is 0.271. The third-order valence-corrected chi connectivity index (χ3v) is 0.832. The van der Waals surface area contributed by atoms with E-state index >= 15 is 0 Å². The highest BCUT2D eigenvalue weighted by Gasteiger charge is 1.95. The average Bonchev–Trinajstić information content (AvgIpc) is 1.99. The molecule has 0 aromatic rings. The Morgan fingerprint density at radius 1 is 1.50 bits per heavy atom. The summed E-state index contributed by atoms with van der Waals surface area (Å²) in [6.07, 6.45) is 1.42. The molecule has 0 atom stereocenters. The molecule has 0 aromatic heterocycles. The monoisotopic (exact) mass is 142 g/mol. The van der Waals surface area contributed by atoms with Crippen LogP contribution in [-0.4, -0.2) is 11.8 Å². The number of hydrogen-bond acceptors (Lipinski definition) is 2. The molecule has 10 heavy (non-hydrogen) atoms. The summed E-state index contributed by atoms with van der Waals surface area (Å²) in [4.78, 5) is 20.9. The molecular formula is C6H10N2O2. The molecule has 0 aliphatic rings. The first-order chi connectivity index (χ1) is 4.70. The molecule has 0 bridgehead atoms. The predicted molar refractivity (Wildman–Crippen MR) is 36.8 cm³/mol. The molecule has 0 fully saturated rings. The standard InChI is InChI=1S/C6H10N2O2/c1-3-5(9)7-8-6(10)4-2/h3H,1,4H2,2H3,(H,7,9)(H,8,10). The van der Waals surface area contributed by atoms with Crippen molar-refractivity contribution in [3.63, 3.8) is 0 Å². The molecule has 0 saturated heterocycles. The van der Waals surface area contributed by atoms with E-state index in [1.165, 1.54) is 0 Å². The minimum absolute atomic E-state index is 0.227. The summed E-state index contributed by atoms with van der Waals surface area (Å²) in [5.41, 5.74) is 4.30. The van der Waals surface area contributed by atoms with Crippen LogP contribution < -0.4 is 10.9 Å². The summed E-state index contributed by atoms with van der Waals surface area (Å²) in [5, 5.41) is 0. The van der Waals surface area contributed by atoms with Crippen LogP contribution in [0.1, 0.15) is 13.3 Å². The topological polar surface area (TPSA) is 58.2 Å². The van der Waals surface area contributed by atoms with E-state index in [1.807, 2.05) is 0 Å². The predicted octanol–water partition coefficient (Wildman–Crippen LogP) is -0.270. The van der Waals surface area contributed by atoms with E-state index in [2.05, 4.69) is 17.4 Å². The third kappa shape index (κ3) is 3.65. The Labute approximate surface area is 59.3 Å². The Morgan fingerprint density at radius 3 is 2.50 bits per heavy atom. The van der Waals surface area contributed by atoms with Gasteiger partial charge in [-0.05, 0) is 6.08 Å². The lowest BCUT2D eigenvalue weighted by Crippen LogP contribution is -2.40. The van der Waals surface area contributed by atoms with Gasteiger partial charge in [-0.1, -0.05) is 13.5 Å². The molecule has 0 aliphatic heterocycles. The van der Waals surface area contributed by atoms with Gasteiger partial charge in [0.15, 0.2) is 0 Å². The Morgan fingerprint density at radius 2 is 2.10 bits per heavy atom. The molecular weight excluding hydrogens is 132 g/mol. The first-order valence-corrected chi connectivity index (χ1v) is 2.92. The van der Waals surface area contributed by atoms with E-state index in [0.717, 1.165) is 6.08 Å². The lowest BCUT2D eigenvalue weighted by molar-refractivity contribution is -0.126. The van der Waals surface area contributed by atoms with Crippen LogP contribution in [0.25, 0.3) is 0 Å². The average molecular weight is 142 g/mol. The van der Waals surface area contributed by atoms with Gasteiger partial charge in [-0.25, -0.2) is 0 Å². The van der Waals surface area contributed by atoms with Gasteiger partial charge in [0, 0.05) is 6.42 Å². The molecule has 4 heteroatoms. The second-order valence-corrected chi connectivity index (χ2v) is 1.60. The van der Waals surface area contributed by atoms with Crippen molar-refractivity contribution in [3.05, 3.63) is 12.7 Å². The summed E-state index contributed by atoms with van der Waals surface area (Å²) in [6.45, 7) is 4.89. The van der Waals surface area contributed by atoms with Crippen molar-refractivity contribution in [1.29, 1.82) is 0 Å². The first kappa shape index (κ1) is 8.68. The fourth-order valence-corrected chi connectivity index (χ4v) is 0.271. The van der Waals surface area contributed by atoms with Crippen LogP contribution in [0.5, 0.6) is 0 Å². The van der Waals surface area contributed by atoms with Gasteiger partial charge in [0.1, 0.15) is 0 Å². The molecule has 0 heterocycles. The molecule has 0 aromatic carbocycles. The Kier molecular flexibility index (Phi) is 3.95. The number of rotatable bonds is 2. The molecule has 4 nitrogen and oxygen atoms in total. The molecule has 0 saturated carbocycles. The molecule has 0 rings (SSSR count). The van der Waals surface area contributed by atoms with Crippen LogP contribution in [0.2, 0.25) is 0 Å².